The van der Waals surface area contributed by atoms with Gasteiger partial charge < -0.3 is 15.7 Å². The van der Waals surface area contributed by atoms with Crippen LogP contribution in [0.5, 0.6) is 0 Å². The van der Waals surface area contributed by atoms with Crippen LogP contribution in [0.15, 0.2) is 60.7 Å². The highest BCUT2D eigenvalue weighted by atomic mass is 32.1. The van der Waals surface area contributed by atoms with Gasteiger partial charge in [0.05, 0.1) is 6.10 Å². The third kappa shape index (κ3) is 2.85. The van der Waals surface area contributed by atoms with E-state index in [-0.39, 0.29) is 5.11 Å². The largest absolute Gasteiger partial charge is 0.393 e. The average molecular weight is 380 g/mol. The van der Waals surface area contributed by atoms with E-state index in [0.29, 0.717) is 12.8 Å². The number of hydrogen-bond donors (Lipinski definition) is 3. The maximum Gasteiger partial charge on any atom is 0.243 e. The van der Waals surface area contributed by atoms with E-state index in [4.69, 9.17) is 12.2 Å². The van der Waals surface area contributed by atoms with Gasteiger partial charge in [-0.1, -0.05) is 60.7 Å². The summed E-state index contributed by atoms with van der Waals surface area (Å²) in [7, 11) is 0. The van der Waals surface area contributed by atoms with Crippen LogP contribution in [0, 0.1) is 5.41 Å². The Morgan fingerprint density at radius 1 is 0.815 bits per heavy atom. The zero-order valence-electron chi connectivity index (χ0n) is 14.6. The third-order valence-corrected chi connectivity index (χ3v) is 5.93. The normalized spacial score (nSPS) is 27.1. The van der Waals surface area contributed by atoms with E-state index >= 15 is 0 Å². The number of thiocarbonyl (C=S) groups is 1. The standard InChI is InChI=1S/C21H20N2O3S/c24-15-11-16(13-7-3-1-4-8-13)21(18(25)22-20(27)23-19(21)26)17(12-15)14-9-5-2-6-10-14/h1-10,15-17,24H,11-12H2,(H2,22,23,25,26,27)/t16-,17-/m0/s1. The molecule has 27 heavy (non-hydrogen) atoms. The fourth-order valence-electron chi connectivity index (χ4n) is 4.60. The van der Waals surface area contributed by atoms with E-state index in [0.717, 1.165) is 11.1 Å². The van der Waals surface area contributed by atoms with Gasteiger partial charge in [0.15, 0.2) is 5.11 Å². The van der Waals surface area contributed by atoms with Crippen molar-refractivity contribution in [1.29, 1.82) is 0 Å². The fourth-order valence-corrected chi connectivity index (χ4v) is 4.79. The topological polar surface area (TPSA) is 78.4 Å². The van der Waals surface area contributed by atoms with Crippen LogP contribution in [-0.4, -0.2) is 28.1 Å². The van der Waals surface area contributed by atoms with Crippen LogP contribution in [0.25, 0.3) is 0 Å². The quantitative estimate of drug-likeness (QED) is 0.551. The van der Waals surface area contributed by atoms with E-state index in [9.17, 15) is 14.7 Å². The van der Waals surface area contributed by atoms with Crippen molar-refractivity contribution in [2.24, 2.45) is 5.41 Å². The van der Waals surface area contributed by atoms with Gasteiger partial charge in [-0.15, -0.1) is 0 Å². The second-order valence-corrected chi connectivity index (χ2v) is 7.57. The molecule has 3 N–H and O–H groups in total. The summed E-state index contributed by atoms with van der Waals surface area (Å²) in [4.78, 5) is 26.7. The van der Waals surface area contributed by atoms with Crippen molar-refractivity contribution in [2.45, 2.75) is 30.8 Å². The van der Waals surface area contributed by atoms with Gasteiger partial charge in [-0.3, -0.25) is 9.59 Å². The highest BCUT2D eigenvalue weighted by molar-refractivity contribution is 7.80. The number of aliphatic hydroxyl groups is 1. The Kier molecular flexibility index (Phi) is 4.53. The van der Waals surface area contributed by atoms with Crippen LogP contribution in [-0.2, 0) is 9.59 Å². The lowest BCUT2D eigenvalue weighted by atomic mass is 9.54. The highest BCUT2D eigenvalue weighted by Gasteiger charge is 2.62. The first kappa shape index (κ1) is 17.8. The van der Waals surface area contributed by atoms with Crippen LogP contribution in [0.3, 0.4) is 0 Å². The van der Waals surface area contributed by atoms with Gasteiger partial charge in [0.2, 0.25) is 11.8 Å². The zero-order chi connectivity index (χ0) is 19.0. The number of amides is 2. The summed E-state index contributed by atoms with van der Waals surface area (Å²) in [5, 5.41) is 16.0. The minimum atomic E-state index is -1.37. The van der Waals surface area contributed by atoms with Crippen molar-refractivity contribution < 1.29 is 14.7 Å². The number of carbonyl (C=O) groups is 2. The summed E-state index contributed by atoms with van der Waals surface area (Å²) in [5.74, 6) is -1.72. The Labute approximate surface area is 162 Å². The zero-order valence-corrected chi connectivity index (χ0v) is 15.4. The second-order valence-electron chi connectivity index (χ2n) is 7.16. The molecule has 5 nitrogen and oxygen atoms in total. The predicted molar refractivity (Wildman–Crippen MR) is 105 cm³/mol. The molecule has 6 heteroatoms. The van der Waals surface area contributed by atoms with Gasteiger partial charge in [0, 0.05) is 11.8 Å². The summed E-state index contributed by atoms with van der Waals surface area (Å²) in [5.41, 5.74) is 0.343. The van der Waals surface area contributed by atoms with Gasteiger partial charge >= 0.3 is 0 Å². The number of rotatable bonds is 2. The highest BCUT2D eigenvalue weighted by Crippen LogP contribution is 2.56. The molecule has 1 aliphatic heterocycles. The molecular weight excluding hydrogens is 360 g/mol. The first-order chi connectivity index (χ1) is 13.0. The summed E-state index contributed by atoms with van der Waals surface area (Å²) >= 11 is 5.03. The molecule has 2 atom stereocenters. The van der Waals surface area contributed by atoms with E-state index in [1.165, 1.54) is 0 Å². The number of benzene rings is 2. The van der Waals surface area contributed by atoms with Crippen molar-refractivity contribution in [3.63, 3.8) is 0 Å². The van der Waals surface area contributed by atoms with Crippen LogP contribution in [0.1, 0.15) is 35.8 Å². The van der Waals surface area contributed by atoms with Crippen molar-refractivity contribution >= 4 is 29.1 Å². The lowest BCUT2D eigenvalue weighted by molar-refractivity contribution is -0.151. The molecule has 2 amide bonds. The maximum absolute atomic E-state index is 13.3. The minimum Gasteiger partial charge on any atom is -0.393 e. The molecule has 4 rings (SSSR count). The van der Waals surface area contributed by atoms with E-state index < -0.39 is 35.2 Å². The molecule has 138 valence electrons. The summed E-state index contributed by atoms with van der Waals surface area (Å²) in [6.07, 6.45) is 0.0579. The van der Waals surface area contributed by atoms with Gasteiger partial charge in [-0.25, -0.2) is 0 Å². The molecule has 1 saturated heterocycles. The number of nitrogens with one attached hydrogen (secondary N) is 2. The Morgan fingerprint density at radius 2 is 1.22 bits per heavy atom. The SMILES string of the molecule is O=C1NC(=S)NC(=O)C12[C@H](c1ccccc1)CC(O)C[C@H]2c1ccccc1. The third-order valence-electron chi connectivity index (χ3n) is 5.72. The van der Waals surface area contributed by atoms with Gasteiger partial charge in [0.25, 0.3) is 0 Å². The molecule has 0 aromatic heterocycles. The first-order valence-electron chi connectivity index (χ1n) is 8.98. The Hall–Kier alpha value is -2.57. The summed E-state index contributed by atoms with van der Waals surface area (Å²) in [6.45, 7) is 0. The lowest BCUT2D eigenvalue weighted by Gasteiger charge is -2.50. The van der Waals surface area contributed by atoms with Crippen LogP contribution in [0.2, 0.25) is 0 Å². The molecular formula is C21H20N2O3S. The molecule has 2 aromatic rings. The molecule has 1 saturated carbocycles. The average Bonchev–Trinajstić information content (AvgIpc) is 2.67. The van der Waals surface area contributed by atoms with Gasteiger partial charge in [0.1, 0.15) is 5.41 Å². The Bertz CT molecular complexity index is 813. The van der Waals surface area contributed by atoms with Gasteiger partial charge in [-0.05, 0) is 36.2 Å². The van der Waals surface area contributed by atoms with Crippen molar-refractivity contribution in [3.8, 4) is 0 Å². The van der Waals surface area contributed by atoms with E-state index in [2.05, 4.69) is 10.6 Å². The lowest BCUT2D eigenvalue weighted by Crippen LogP contribution is -2.67. The Balaban J connectivity index is 1.93. The monoisotopic (exact) mass is 380 g/mol. The molecule has 2 aromatic carbocycles. The van der Waals surface area contributed by atoms with E-state index in [1.54, 1.807) is 0 Å². The molecule has 0 radical (unpaired) electrons. The molecule has 0 bridgehead atoms. The summed E-state index contributed by atoms with van der Waals surface area (Å²) < 4.78 is 0. The van der Waals surface area contributed by atoms with E-state index in [1.807, 2.05) is 60.7 Å². The van der Waals surface area contributed by atoms with Crippen molar-refractivity contribution in [2.75, 3.05) is 0 Å². The van der Waals surface area contributed by atoms with Crippen molar-refractivity contribution in [1.82, 2.24) is 10.6 Å². The molecule has 2 fully saturated rings. The van der Waals surface area contributed by atoms with Crippen LogP contribution >= 0.6 is 12.2 Å². The maximum atomic E-state index is 13.3. The molecule has 2 aliphatic rings. The number of carbonyl (C=O) groups excluding carboxylic acids is 2. The smallest absolute Gasteiger partial charge is 0.243 e. The molecule has 1 spiro atoms. The van der Waals surface area contributed by atoms with Crippen LogP contribution < -0.4 is 10.6 Å². The summed E-state index contributed by atoms with van der Waals surface area (Å²) in [6, 6.07) is 18.9. The van der Waals surface area contributed by atoms with Crippen LogP contribution in [0.4, 0.5) is 0 Å². The minimum absolute atomic E-state index is 0.0281. The number of aliphatic hydroxyl groups excluding tert-OH is 1. The predicted octanol–water partition coefficient (Wildman–Crippen LogP) is 2.23. The van der Waals surface area contributed by atoms with Gasteiger partial charge in [-0.2, -0.15) is 0 Å². The first-order valence-corrected chi connectivity index (χ1v) is 9.39. The fraction of sp³-hybridized carbons (Fsp3) is 0.286. The molecule has 0 unspecified atom stereocenters. The molecule has 1 aliphatic carbocycles. The number of hydrogen-bond acceptors (Lipinski definition) is 4. The molecule has 1 heterocycles. The van der Waals surface area contributed by atoms with Crippen molar-refractivity contribution in [3.05, 3.63) is 71.8 Å². The Morgan fingerprint density at radius 3 is 1.63 bits per heavy atom. The second kappa shape index (κ2) is 6.87.